The highest BCUT2D eigenvalue weighted by atomic mass is 35.5. The van der Waals surface area contributed by atoms with Gasteiger partial charge in [-0.25, -0.2) is 5.43 Å². The van der Waals surface area contributed by atoms with Gasteiger partial charge in [0.1, 0.15) is 0 Å². The average Bonchev–Trinajstić information content (AvgIpc) is 2.52. The lowest BCUT2D eigenvalue weighted by Crippen LogP contribution is -2.21. The molecule has 0 atom stereocenters. The maximum atomic E-state index is 12.1. The third kappa shape index (κ3) is 4.77. The number of thioether (sulfide) groups is 1. The van der Waals surface area contributed by atoms with Crippen molar-refractivity contribution < 1.29 is 4.79 Å². The van der Waals surface area contributed by atoms with Gasteiger partial charge in [0.25, 0.3) is 5.91 Å². The Bertz CT molecular complexity index is 687. The van der Waals surface area contributed by atoms with E-state index in [0.717, 1.165) is 11.3 Å². The molecule has 1 amide bonds. The smallest absolute Gasteiger partial charge is 0.267 e. The predicted molar refractivity (Wildman–Crippen MR) is 95.3 cm³/mol. The van der Waals surface area contributed by atoms with Gasteiger partial charge in [-0.1, -0.05) is 41.4 Å². The zero-order valence-corrected chi connectivity index (χ0v) is 14.2. The highest BCUT2D eigenvalue weighted by molar-refractivity contribution is 7.99. The van der Waals surface area contributed by atoms with Crippen molar-refractivity contribution in [1.82, 2.24) is 5.43 Å². The zero-order chi connectivity index (χ0) is 15.9. The minimum absolute atomic E-state index is 0.296. The van der Waals surface area contributed by atoms with E-state index in [1.165, 1.54) is 0 Å². The number of carbonyl (C=O) groups is 1. The molecule has 0 spiro atoms. The van der Waals surface area contributed by atoms with Gasteiger partial charge in [0.2, 0.25) is 0 Å². The summed E-state index contributed by atoms with van der Waals surface area (Å²) in [6.45, 7) is 0. The van der Waals surface area contributed by atoms with Gasteiger partial charge in [-0.3, -0.25) is 4.79 Å². The van der Waals surface area contributed by atoms with Crippen LogP contribution in [0.5, 0.6) is 0 Å². The summed E-state index contributed by atoms with van der Waals surface area (Å²) in [6.07, 6.45) is 1.98. The van der Waals surface area contributed by atoms with E-state index in [9.17, 15) is 4.79 Å². The Hall–Kier alpha value is -1.49. The molecule has 0 saturated heterocycles. The molecule has 114 valence electrons. The van der Waals surface area contributed by atoms with Crippen molar-refractivity contribution in [3.8, 4) is 0 Å². The molecule has 22 heavy (non-hydrogen) atoms. The molecule has 0 fully saturated rings. The maximum absolute atomic E-state index is 12.1. The number of benzene rings is 2. The van der Waals surface area contributed by atoms with Gasteiger partial charge < -0.3 is 0 Å². The van der Waals surface area contributed by atoms with Crippen LogP contribution in [0.3, 0.4) is 0 Å². The molecule has 0 saturated carbocycles. The average molecular weight is 353 g/mol. The molecular weight excluding hydrogens is 339 g/mol. The van der Waals surface area contributed by atoms with Crippen LogP contribution in [0.2, 0.25) is 10.0 Å². The summed E-state index contributed by atoms with van der Waals surface area (Å²) < 4.78 is 0. The molecule has 0 aliphatic rings. The van der Waals surface area contributed by atoms with E-state index < -0.39 is 0 Å². The Kier molecular flexibility index (Phi) is 6.31. The van der Waals surface area contributed by atoms with Crippen molar-refractivity contribution in [1.29, 1.82) is 0 Å². The van der Waals surface area contributed by atoms with Crippen molar-refractivity contribution in [2.45, 2.75) is 0 Å². The monoisotopic (exact) mass is 352 g/mol. The lowest BCUT2D eigenvalue weighted by Gasteiger charge is -2.07. The molecule has 2 aromatic carbocycles. The zero-order valence-electron chi connectivity index (χ0n) is 11.8. The molecule has 0 bridgehead atoms. The number of halogens is 2. The fourth-order valence-corrected chi connectivity index (χ4v) is 2.59. The second kappa shape index (κ2) is 8.22. The quantitative estimate of drug-likeness (QED) is 0.636. The molecular formula is C16H14Cl2N2OS. The highest BCUT2D eigenvalue weighted by Gasteiger charge is 2.07. The second-order valence-corrected chi connectivity index (χ2v) is 6.19. The predicted octanol–water partition coefficient (Wildman–Crippen LogP) is 4.49. The highest BCUT2D eigenvalue weighted by Crippen LogP contribution is 2.13. The lowest BCUT2D eigenvalue weighted by molar-refractivity contribution is 0.0955. The van der Waals surface area contributed by atoms with E-state index in [0.29, 0.717) is 21.4 Å². The van der Waals surface area contributed by atoms with Crippen molar-refractivity contribution in [2.24, 2.45) is 5.10 Å². The summed E-state index contributed by atoms with van der Waals surface area (Å²) in [5.74, 6) is 0.382. The first-order chi connectivity index (χ1) is 10.6. The van der Waals surface area contributed by atoms with Gasteiger partial charge >= 0.3 is 0 Å². The summed E-state index contributed by atoms with van der Waals surface area (Å²) in [4.78, 5) is 12.1. The number of nitrogens with zero attached hydrogens (tertiary/aromatic N) is 1. The number of carbonyl (C=O) groups excluding carboxylic acids is 1. The van der Waals surface area contributed by atoms with Crippen LogP contribution < -0.4 is 5.43 Å². The van der Waals surface area contributed by atoms with E-state index in [4.69, 9.17) is 23.2 Å². The molecule has 6 heteroatoms. The number of amides is 1. The number of rotatable bonds is 5. The van der Waals surface area contributed by atoms with Gasteiger partial charge in [-0.15, -0.1) is 0 Å². The van der Waals surface area contributed by atoms with Crippen LogP contribution in [0.15, 0.2) is 53.6 Å². The number of hydrogen-bond donors (Lipinski definition) is 1. The molecule has 0 aromatic heterocycles. The summed E-state index contributed by atoms with van der Waals surface area (Å²) in [5, 5.41) is 5.40. The third-order valence-corrected chi connectivity index (χ3v) is 3.89. The minimum Gasteiger partial charge on any atom is -0.267 e. The van der Waals surface area contributed by atoms with Crippen molar-refractivity contribution in [3.63, 3.8) is 0 Å². The fraction of sp³-hybridized carbons (Fsp3) is 0.125. The molecule has 0 heterocycles. The SMILES string of the molecule is CSCC(=NNC(=O)c1cccc(Cl)c1)c1ccc(Cl)cc1. The Morgan fingerprint density at radius 3 is 2.45 bits per heavy atom. The third-order valence-electron chi connectivity index (χ3n) is 2.84. The van der Waals surface area contributed by atoms with Crippen molar-refractivity contribution >= 4 is 46.6 Å². The minimum atomic E-state index is -0.296. The molecule has 2 aromatic rings. The van der Waals surface area contributed by atoms with E-state index in [-0.39, 0.29) is 5.91 Å². The summed E-state index contributed by atoms with van der Waals surface area (Å²) in [6, 6.07) is 14.1. The first-order valence-electron chi connectivity index (χ1n) is 6.47. The summed E-state index contributed by atoms with van der Waals surface area (Å²) in [5.41, 5.74) is 4.74. The Labute approximate surface area is 143 Å². The Morgan fingerprint density at radius 1 is 1.09 bits per heavy atom. The molecule has 0 aliphatic heterocycles. The standard InChI is InChI=1S/C16H14Cl2N2OS/c1-22-10-15(11-5-7-13(17)8-6-11)19-20-16(21)12-3-2-4-14(18)9-12/h2-9H,10H2,1H3,(H,20,21). The van der Waals surface area contributed by atoms with Crippen LogP contribution in [0.25, 0.3) is 0 Å². The first-order valence-corrected chi connectivity index (χ1v) is 8.62. The largest absolute Gasteiger partial charge is 0.271 e. The van der Waals surface area contributed by atoms with Crippen LogP contribution in [0.1, 0.15) is 15.9 Å². The number of hydrazone groups is 1. The van der Waals surface area contributed by atoms with E-state index >= 15 is 0 Å². The van der Waals surface area contributed by atoms with Gasteiger partial charge in [0.15, 0.2) is 0 Å². The number of hydrogen-bond acceptors (Lipinski definition) is 3. The van der Waals surface area contributed by atoms with Crippen molar-refractivity contribution in [2.75, 3.05) is 12.0 Å². The Morgan fingerprint density at radius 2 is 1.82 bits per heavy atom. The van der Waals surface area contributed by atoms with Gasteiger partial charge in [-0.2, -0.15) is 16.9 Å². The second-order valence-electron chi connectivity index (χ2n) is 4.45. The number of nitrogens with one attached hydrogen (secondary N) is 1. The van der Waals surface area contributed by atoms with E-state index in [1.807, 2.05) is 18.4 Å². The van der Waals surface area contributed by atoms with Crippen LogP contribution in [-0.4, -0.2) is 23.6 Å². The van der Waals surface area contributed by atoms with Crippen molar-refractivity contribution in [3.05, 3.63) is 69.7 Å². The molecule has 1 N–H and O–H groups in total. The van der Waals surface area contributed by atoms with E-state index in [2.05, 4.69) is 10.5 Å². The normalized spacial score (nSPS) is 11.3. The maximum Gasteiger partial charge on any atom is 0.271 e. The molecule has 2 rings (SSSR count). The lowest BCUT2D eigenvalue weighted by atomic mass is 10.1. The topological polar surface area (TPSA) is 41.5 Å². The molecule has 3 nitrogen and oxygen atoms in total. The van der Waals surface area contributed by atoms with Gasteiger partial charge in [0, 0.05) is 21.4 Å². The summed E-state index contributed by atoms with van der Waals surface area (Å²) in [7, 11) is 0. The fourth-order valence-electron chi connectivity index (χ4n) is 1.77. The van der Waals surface area contributed by atoms with Crippen LogP contribution >= 0.6 is 35.0 Å². The molecule has 0 unspecified atom stereocenters. The van der Waals surface area contributed by atoms with Gasteiger partial charge in [-0.05, 0) is 42.2 Å². The first kappa shape index (κ1) is 16.9. The summed E-state index contributed by atoms with van der Waals surface area (Å²) >= 11 is 13.4. The van der Waals surface area contributed by atoms with Crippen LogP contribution in [0, 0.1) is 0 Å². The van der Waals surface area contributed by atoms with Crippen LogP contribution in [0.4, 0.5) is 0 Å². The Balaban J connectivity index is 2.16. The molecule has 0 radical (unpaired) electrons. The van der Waals surface area contributed by atoms with E-state index in [1.54, 1.807) is 48.2 Å². The van der Waals surface area contributed by atoms with Crippen LogP contribution in [-0.2, 0) is 0 Å². The molecule has 0 aliphatic carbocycles. The van der Waals surface area contributed by atoms with Gasteiger partial charge in [0.05, 0.1) is 5.71 Å².